The van der Waals surface area contributed by atoms with Gasteiger partial charge < -0.3 is 19.5 Å². The van der Waals surface area contributed by atoms with Gasteiger partial charge in [0.15, 0.2) is 6.61 Å². The van der Waals surface area contributed by atoms with Crippen LogP contribution in [0, 0.1) is 13.8 Å². The molecule has 0 atom stereocenters. The normalized spacial score (nSPS) is 13.0. The largest absolute Gasteiger partial charge is 0.493 e. The van der Waals surface area contributed by atoms with Crippen LogP contribution in [0.2, 0.25) is 0 Å². The van der Waals surface area contributed by atoms with Crippen molar-refractivity contribution in [3.8, 4) is 0 Å². The van der Waals surface area contributed by atoms with Gasteiger partial charge in [0, 0.05) is 15.5 Å². The van der Waals surface area contributed by atoms with E-state index in [1.54, 1.807) is 11.8 Å². The second-order valence-electron chi connectivity index (χ2n) is 6.22. The standard InChI is InChI=1S/C21H21NO5S/c1-14-3-4-15(2)19(11-14)28-17-7-5-16(6-8-17)22-20(23)13-27-21(24)18-12-25-9-10-26-18/h3-8,11-12H,9-10,13H2,1-2H3,(H,22,23). The second-order valence-corrected chi connectivity index (χ2v) is 7.34. The van der Waals surface area contributed by atoms with Gasteiger partial charge in [-0.05, 0) is 55.3 Å². The van der Waals surface area contributed by atoms with Crippen molar-refractivity contribution in [3.05, 3.63) is 65.6 Å². The summed E-state index contributed by atoms with van der Waals surface area (Å²) in [5.41, 5.74) is 3.06. The molecule has 0 aromatic heterocycles. The minimum Gasteiger partial charge on any atom is -0.493 e. The summed E-state index contributed by atoms with van der Waals surface area (Å²) < 4.78 is 15.0. The van der Waals surface area contributed by atoms with E-state index in [2.05, 4.69) is 37.4 Å². The van der Waals surface area contributed by atoms with Crippen LogP contribution in [-0.2, 0) is 23.8 Å². The third-order valence-electron chi connectivity index (χ3n) is 3.89. The van der Waals surface area contributed by atoms with Gasteiger partial charge in [0.25, 0.3) is 5.91 Å². The van der Waals surface area contributed by atoms with Gasteiger partial charge in [0.05, 0.1) is 0 Å². The van der Waals surface area contributed by atoms with Crippen molar-refractivity contribution in [2.45, 2.75) is 23.6 Å². The van der Waals surface area contributed by atoms with Gasteiger partial charge in [-0.3, -0.25) is 4.79 Å². The Kier molecular flexibility index (Phi) is 6.60. The van der Waals surface area contributed by atoms with Crippen LogP contribution in [0.1, 0.15) is 11.1 Å². The third kappa shape index (κ3) is 5.53. The summed E-state index contributed by atoms with van der Waals surface area (Å²) in [4.78, 5) is 26.0. The Labute approximate surface area is 167 Å². The zero-order valence-corrected chi connectivity index (χ0v) is 16.5. The Morgan fingerprint density at radius 1 is 1.11 bits per heavy atom. The predicted octanol–water partition coefficient (Wildman–Crippen LogP) is 3.82. The molecule has 6 nitrogen and oxygen atoms in total. The maximum Gasteiger partial charge on any atom is 0.377 e. The van der Waals surface area contributed by atoms with E-state index in [9.17, 15) is 9.59 Å². The first-order valence-corrected chi connectivity index (χ1v) is 9.59. The number of hydrogen-bond acceptors (Lipinski definition) is 6. The first kappa shape index (κ1) is 19.8. The molecule has 0 fully saturated rings. The highest BCUT2D eigenvalue weighted by Crippen LogP contribution is 2.31. The molecule has 28 heavy (non-hydrogen) atoms. The number of ether oxygens (including phenoxy) is 3. The average molecular weight is 399 g/mol. The summed E-state index contributed by atoms with van der Waals surface area (Å²) >= 11 is 1.67. The average Bonchev–Trinajstić information content (AvgIpc) is 2.71. The van der Waals surface area contributed by atoms with E-state index >= 15 is 0 Å². The molecule has 0 saturated carbocycles. The van der Waals surface area contributed by atoms with Crippen molar-refractivity contribution in [3.63, 3.8) is 0 Å². The number of benzene rings is 2. The minimum atomic E-state index is -0.727. The molecule has 0 saturated heterocycles. The van der Waals surface area contributed by atoms with E-state index in [-0.39, 0.29) is 12.4 Å². The fourth-order valence-corrected chi connectivity index (χ4v) is 3.43. The first-order valence-electron chi connectivity index (χ1n) is 8.78. The monoisotopic (exact) mass is 399 g/mol. The molecule has 0 spiro atoms. The summed E-state index contributed by atoms with van der Waals surface area (Å²) in [5, 5.41) is 2.69. The molecule has 0 unspecified atom stereocenters. The van der Waals surface area contributed by atoms with Crippen LogP contribution in [0.4, 0.5) is 5.69 Å². The highest BCUT2D eigenvalue weighted by molar-refractivity contribution is 7.99. The molecule has 0 radical (unpaired) electrons. The fourth-order valence-electron chi connectivity index (χ4n) is 2.43. The van der Waals surface area contributed by atoms with Crippen LogP contribution in [-0.4, -0.2) is 31.7 Å². The molecule has 1 aliphatic heterocycles. The number of carbonyl (C=O) groups excluding carboxylic acids is 2. The summed E-state index contributed by atoms with van der Waals surface area (Å²) in [6.07, 6.45) is 1.19. The van der Waals surface area contributed by atoms with Gasteiger partial charge in [-0.2, -0.15) is 0 Å². The lowest BCUT2D eigenvalue weighted by molar-refractivity contribution is -0.148. The molecule has 1 aliphatic rings. The lowest BCUT2D eigenvalue weighted by Crippen LogP contribution is -2.23. The Bertz CT molecular complexity index is 892. The molecule has 0 bridgehead atoms. The molecule has 0 aliphatic carbocycles. The molecule has 3 rings (SSSR count). The van der Waals surface area contributed by atoms with E-state index in [1.807, 2.05) is 24.3 Å². The zero-order valence-electron chi connectivity index (χ0n) is 15.7. The topological polar surface area (TPSA) is 73.9 Å². The van der Waals surface area contributed by atoms with E-state index < -0.39 is 18.5 Å². The van der Waals surface area contributed by atoms with E-state index in [4.69, 9.17) is 14.2 Å². The predicted molar refractivity (Wildman–Crippen MR) is 106 cm³/mol. The molecule has 1 heterocycles. The maximum absolute atomic E-state index is 12.0. The number of aryl methyl sites for hydroxylation is 2. The molecule has 146 valence electrons. The van der Waals surface area contributed by atoms with Crippen molar-refractivity contribution in [2.24, 2.45) is 0 Å². The van der Waals surface area contributed by atoms with Gasteiger partial charge in [-0.1, -0.05) is 23.9 Å². The Balaban J connectivity index is 1.51. The van der Waals surface area contributed by atoms with E-state index in [0.717, 1.165) is 4.90 Å². The summed E-state index contributed by atoms with van der Waals surface area (Å²) in [6.45, 7) is 4.41. The second kappa shape index (κ2) is 9.32. The Morgan fingerprint density at radius 2 is 1.89 bits per heavy atom. The summed E-state index contributed by atoms with van der Waals surface area (Å²) in [7, 11) is 0. The number of amides is 1. The van der Waals surface area contributed by atoms with Crippen LogP contribution in [0.25, 0.3) is 0 Å². The van der Waals surface area contributed by atoms with Crippen LogP contribution in [0.5, 0.6) is 0 Å². The maximum atomic E-state index is 12.0. The lowest BCUT2D eigenvalue weighted by Gasteiger charge is -2.14. The zero-order chi connectivity index (χ0) is 19.9. The molecular weight excluding hydrogens is 378 g/mol. The quantitative estimate of drug-likeness (QED) is 0.745. The van der Waals surface area contributed by atoms with E-state index in [0.29, 0.717) is 12.3 Å². The van der Waals surface area contributed by atoms with Gasteiger partial charge in [-0.25, -0.2) is 4.79 Å². The number of esters is 1. The van der Waals surface area contributed by atoms with Crippen molar-refractivity contribution in [1.29, 1.82) is 0 Å². The Hall–Kier alpha value is -2.93. The third-order valence-corrected chi connectivity index (χ3v) is 5.06. The first-order chi connectivity index (χ1) is 13.5. The van der Waals surface area contributed by atoms with E-state index in [1.165, 1.54) is 22.3 Å². The van der Waals surface area contributed by atoms with Gasteiger partial charge >= 0.3 is 5.97 Å². The van der Waals surface area contributed by atoms with Crippen molar-refractivity contribution >= 4 is 29.3 Å². The molecule has 7 heteroatoms. The van der Waals surface area contributed by atoms with Crippen LogP contribution in [0.15, 0.2) is 64.3 Å². The SMILES string of the molecule is Cc1ccc(C)c(Sc2ccc(NC(=O)COC(=O)C3=COCCO3)cc2)c1. The number of rotatable bonds is 6. The highest BCUT2D eigenvalue weighted by Gasteiger charge is 2.18. The smallest absolute Gasteiger partial charge is 0.377 e. The van der Waals surface area contributed by atoms with Crippen LogP contribution < -0.4 is 5.32 Å². The summed E-state index contributed by atoms with van der Waals surface area (Å²) in [5.74, 6) is -1.19. The van der Waals surface area contributed by atoms with Gasteiger partial charge in [0.1, 0.15) is 19.5 Å². The van der Waals surface area contributed by atoms with Crippen LogP contribution >= 0.6 is 11.8 Å². The number of carbonyl (C=O) groups is 2. The molecule has 1 amide bonds. The molecule has 2 aromatic rings. The number of nitrogens with one attached hydrogen (secondary N) is 1. The molecule has 2 aromatic carbocycles. The van der Waals surface area contributed by atoms with Gasteiger partial charge in [-0.15, -0.1) is 0 Å². The fraction of sp³-hybridized carbons (Fsp3) is 0.238. The Morgan fingerprint density at radius 3 is 2.61 bits per heavy atom. The molecular formula is C21H21NO5S. The minimum absolute atomic E-state index is 0.0353. The number of anilines is 1. The van der Waals surface area contributed by atoms with Crippen molar-refractivity contribution < 1.29 is 23.8 Å². The molecule has 1 N–H and O–H groups in total. The van der Waals surface area contributed by atoms with Crippen LogP contribution in [0.3, 0.4) is 0 Å². The lowest BCUT2D eigenvalue weighted by atomic mass is 10.2. The summed E-state index contributed by atoms with van der Waals surface area (Å²) in [6, 6.07) is 13.9. The van der Waals surface area contributed by atoms with Gasteiger partial charge in [0.2, 0.25) is 5.76 Å². The highest BCUT2D eigenvalue weighted by atomic mass is 32.2. The van der Waals surface area contributed by atoms with Crippen molar-refractivity contribution in [1.82, 2.24) is 0 Å². The van der Waals surface area contributed by atoms with Crippen molar-refractivity contribution in [2.75, 3.05) is 25.1 Å². The number of hydrogen-bond donors (Lipinski definition) is 1.